The summed E-state index contributed by atoms with van der Waals surface area (Å²) in [5.41, 5.74) is 25.7. The maximum absolute atomic E-state index is 7.15. The predicted octanol–water partition coefficient (Wildman–Crippen LogP) is -7.38. The van der Waals surface area contributed by atoms with Crippen LogP contribution < -0.4 is 60.1 Å². The second kappa shape index (κ2) is 15.3. The normalized spacial score (nSPS) is 11.4. The summed E-state index contributed by atoms with van der Waals surface area (Å²) in [5, 5.41) is 2.37. The standard InChI is InChI=1S/C45H40B11N3O/c46-30-26(25-31(47)38(54)40(56)39(55)32(25)48)36(52)41-27(33(30)49)28-34(50)35(51)29(37(53)42(28)60-41)45-58-43(22-16-14-21(15-17-22)19-8-3-1-4-9-19)57-44(59-45)24-13-7-12-23(18-24)20-10-5-2-6-11-20/h1-18H,46-56H2. The lowest BCUT2D eigenvalue weighted by molar-refractivity contribution is 0.674. The van der Waals surface area contributed by atoms with Crippen molar-refractivity contribution in [1.29, 1.82) is 0 Å². The largest absolute Gasteiger partial charge is 0.457 e. The molecule has 0 saturated heterocycles. The first-order valence-electron chi connectivity index (χ1n) is 21.0. The minimum absolute atomic E-state index is 0.627. The van der Waals surface area contributed by atoms with Gasteiger partial charge in [0.1, 0.15) is 97.5 Å². The third kappa shape index (κ3) is 6.36. The van der Waals surface area contributed by atoms with Crippen LogP contribution in [0.4, 0.5) is 0 Å². The minimum Gasteiger partial charge on any atom is -0.457 e. The van der Waals surface area contributed by atoms with Gasteiger partial charge in [0.15, 0.2) is 17.5 Å². The van der Waals surface area contributed by atoms with E-state index in [9.17, 15) is 0 Å². The number of hydrogen-bond donors (Lipinski definition) is 0. The van der Waals surface area contributed by atoms with Gasteiger partial charge in [0.25, 0.3) is 0 Å². The van der Waals surface area contributed by atoms with Gasteiger partial charge in [0.05, 0.1) is 0 Å². The zero-order valence-electron chi connectivity index (χ0n) is 36.6. The predicted molar refractivity (Wildman–Crippen MR) is 290 cm³/mol. The number of fused-ring (bicyclic) bond motifs is 3. The average Bonchev–Trinajstić information content (AvgIpc) is 3.70. The number of aromatic nitrogens is 3. The Morgan fingerprint density at radius 1 is 0.283 bits per heavy atom. The molecule has 7 aromatic carbocycles. The van der Waals surface area contributed by atoms with Gasteiger partial charge in [-0.3, -0.25) is 0 Å². The first kappa shape index (κ1) is 39.5. The molecule has 0 amide bonds. The third-order valence-electron chi connectivity index (χ3n) is 13.6. The highest BCUT2D eigenvalue weighted by atomic mass is 16.3. The van der Waals surface area contributed by atoms with Crippen LogP contribution in [0.5, 0.6) is 0 Å². The van der Waals surface area contributed by atoms with Crippen LogP contribution in [0.15, 0.2) is 114 Å². The van der Waals surface area contributed by atoms with Crippen LogP contribution in [0.25, 0.3) is 89.5 Å². The van der Waals surface area contributed by atoms with Crippen molar-refractivity contribution in [3.05, 3.63) is 109 Å². The van der Waals surface area contributed by atoms with Crippen molar-refractivity contribution >= 4 is 168 Å². The Kier molecular flexibility index (Phi) is 10.1. The smallest absolute Gasteiger partial charge is 0.164 e. The summed E-state index contributed by atoms with van der Waals surface area (Å²) >= 11 is 0. The summed E-state index contributed by atoms with van der Waals surface area (Å²) in [7, 11) is 24.7. The number of rotatable bonds is 6. The van der Waals surface area contributed by atoms with Crippen molar-refractivity contribution in [2.24, 2.45) is 0 Å². The van der Waals surface area contributed by atoms with Crippen LogP contribution in [-0.4, -0.2) is 101 Å². The van der Waals surface area contributed by atoms with E-state index in [1.54, 1.807) is 0 Å². The Balaban J connectivity index is 1.28. The van der Waals surface area contributed by atoms with Crippen molar-refractivity contribution in [2.45, 2.75) is 0 Å². The second-order valence-corrected chi connectivity index (χ2v) is 16.7. The van der Waals surface area contributed by atoms with Crippen molar-refractivity contribution in [1.82, 2.24) is 15.0 Å². The molecule has 9 aromatic rings. The van der Waals surface area contributed by atoms with E-state index in [1.807, 2.05) is 12.1 Å². The molecule has 9 rings (SSSR count). The zero-order valence-corrected chi connectivity index (χ0v) is 36.6. The fraction of sp³-hybridized carbons (Fsp3) is 0. The van der Waals surface area contributed by atoms with Crippen molar-refractivity contribution < 1.29 is 4.42 Å². The molecule has 4 nitrogen and oxygen atoms in total. The quantitative estimate of drug-likeness (QED) is 0.159. The average molecular weight is 758 g/mol. The first-order valence-corrected chi connectivity index (χ1v) is 21.0. The zero-order chi connectivity index (χ0) is 42.1. The number of benzene rings is 7. The van der Waals surface area contributed by atoms with Crippen molar-refractivity contribution in [2.75, 3.05) is 0 Å². The molecule has 0 spiro atoms. The second-order valence-electron chi connectivity index (χ2n) is 16.7. The maximum Gasteiger partial charge on any atom is 0.164 e. The summed E-state index contributed by atoms with van der Waals surface area (Å²) in [5.74, 6) is 1.89. The fourth-order valence-corrected chi connectivity index (χ4v) is 9.46. The van der Waals surface area contributed by atoms with E-state index in [-0.39, 0.29) is 0 Å². The van der Waals surface area contributed by atoms with Gasteiger partial charge in [-0.15, -0.1) is 16.4 Å². The van der Waals surface area contributed by atoms with Gasteiger partial charge in [-0.05, 0) is 50.4 Å². The Bertz CT molecular complexity index is 3180. The lowest BCUT2D eigenvalue weighted by Gasteiger charge is -2.24. The van der Waals surface area contributed by atoms with E-state index < -0.39 is 0 Å². The van der Waals surface area contributed by atoms with Crippen LogP contribution in [0.3, 0.4) is 0 Å². The van der Waals surface area contributed by atoms with Gasteiger partial charge in [-0.25, -0.2) is 15.0 Å². The topological polar surface area (TPSA) is 51.8 Å². The van der Waals surface area contributed by atoms with Gasteiger partial charge < -0.3 is 4.42 Å². The van der Waals surface area contributed by atoms with E-state index in [0.29, 0.717) is 17.5 Å². The molecule has 15 heteroatoms. The molecule has 0 N–H and O–H groups in total. The number of hydrogen-bond acceptors (Lipinski definition) is 4. The van der Waals surface area contributed by atoms with E-state index in [4.69, 9.17) is 19.4 Å². The van der Waals surface area contributed by atoms with E-state index in [1.165, 1.54) is 76.6 Å². The Morgan fingerprint density at radius 2 is 0.650 bits per heavy atom. The number of furan rings is 1. The van der Waals surface area contributed by atoms with Crippen LogP contribution in [0.1, 0.15) is 0 Å². The maximum atomic E-state index is 7.15. The minimum atomic E-state index is 0.627. The molecule has 274 valence electrons. The van der Waals surface area contributed by atoms with Gasteiger partial charge in [-0.1, -0.05) is 136 Å². The summed E-state index contributed by atoms with van der Waals surface area (Å²) in [4.78, 5) is 15.8. The van der Waals surface area contributed by atoms with Gasteiger partial charge in [0, 0.05) is 27.5 Å². The van der Waals surface area contributed by atoms with Crippen molar-refractivity contribution in [3.63, 3.8) is 0 Å². The first-order chi connectivity index (χ1) is 28.8. The molecule has 0 radical (unpaired) electrons. The van der Waals surface area contributed by atoms with E-state index in [0.717, 1.165) is 55.5 Å². The molecule has 2 heterocycles. The molecule has 0 fully saturated rings. The fourth-order valence-electron chi connectivity index (χ4n) is 9.46. The lowest BCUT2D eigenvalue weighted by atomic mass is 9.57. The highest BCUT2D eigenvalue weighted by Gasteiger charge is 2.26. The van der Waals surface area contributed by atoms with E-state index >= 15 is 0 Å². The Morgan fingerprint density at radius 3 is 1.22 bits per heavy atom. The molecule has 0 aliphatic carbocycles. The lowest BCUT2D eigenvalue weighted by Crippen LogP contribution is -2.56. The van der Waals surface area contributed by atoms with Crippen LogP contribution in [-0.2, 0) is 0 Å². The van der Waals surface area contributed by atoms with Crippen LogP contribution in [0.2, 0.25) is 0 Å². The molecule has 2 aromatic heterocycles. The van der Waals surface area contributed by atoms with Crippen LogP contribution in [0, 0.1) is 0 Å². The molecule has 0 bridgehead atoms. The van der Waals surface area contributed by atoms with Crippen LogP contribution >= 0.6 is 0 Å². The third-order valence-corrected chi connectivity index (χ3v) is 13.6. The molecule has 0 saturated carbocycles. The molecular weight excluding hydrogens is 717 g/mol. The van der Waals surface area contributed by atoms with E-state index in [2.05, 4.69) is 183 Å². The molecule has 0 aliphatic heterocycles. The number of nitrogens with zero attached hydrogens (tertiary/aromatic N) is 3. The van der Waals surface area contributed by atoms with Crippen molar-refractivity contribution in [3.8, 4) is 67.5 Å². The summed E-state index contributed by atoms with van der Waals surface area (Å²) in [6.07, 6.45) is 0. The highest BCUT2D eigenvalue weighted by molar-refractivity contribution is 6.71. The monoisotopic (exact) mass is 759 g/mol. The van der Waals surface area contributed by atoms with Gasteiger partial charge >= 0.3 is 0 Å². The summed E-state index contributed by atoms with van der Waals surface area (Å²) in [6.45, 7) is 0. The summed E-state index contributed by atoms with van der Waals surface area (Å²) < 4.78 is 7.15. The molecule has 0 unspecified atom stereocenters. The summed E-state index contributed by atoms with van der Waals surface area (Å²) in [6, 6.07) is 37.9. The van der Waals surface area contributed by atoms with Gasteiger partial charge in [-0.2, -0.15) is 0 Å². The molecular formula is C45H40B11N3O. The Hall–Kier alpha value is -5.94. The molecule has 0 aliphatic rings. The Labute approximate surface area is 362 Å². The highest BCUT2D eigenvalue weighted by Crippen LogP contribution is 2.31. The van der Waals surface area contributed by atoms with Gasteiger partial charge in [0.2, 0.25) is 0 Å². The molecule has 60 heavy (non-hydrogen) atoms. The molecule has 0 atom stereocenters. The SMILES string of the molecule is Bc1c(B)c(B)c(-c2c(B)c(B)c3c(oc4c(B)c(-c5nc(-c6ccc(-c7ccccc7)cc6)nc(-c6cccc(-c7ccccc7)c6)n5)c(B)c(B)c43)c2B)c(B)c1B.